The topological polar surface area (TPSA) is 38.3 Å². The standard InChI is InChI=1S/C13H11BrFNO2S/c1-7-3-9(14)10(15)5-11(7)16-13(17)12-4-8(18-2)6-19-12/h3-6H,1-2H3,(H,16,17). The normalized spacial score (nSPS) is 10.3. The summed E-state index contributed by atoms with van der Waals surface area (Å²) in [5.41, 5.74) is 1.24. The van der Waals surface area contributed by atoms with Crippen molar-refractivity contribution in [3.63, 3.8) is 0 Å². The fourth-order valence-electron chi connectivity index (χ4n) is 1.51. The molecule has 0 radical (unpaired) electrons. The third kappa shape index (κ3) is 3.13. The van der Waals surface area contributed by atoms with Crippen molar-refractivity contribution < 1.29 is 13.9 Å². The number of halogens is 2. The summed E-state index contributed by atoms with van der Waals surface area (Å²) in [5, 5.41) is 4.43. The number of amides is 1. The quantitative estimate of drug-likeness (QED) is 0.905. The zero-order valence-electron chi connectivity index (χ0n) is 10.3. The molecule has 1 aromatic heterocycles. The molecule has 0 bridgehead atoms. The Hall–Kier alpha value is -1.40. The SMILES string of the molecule is COc1csc(C(=O)Nc2cc(F)c(Br)cc2C)c1. The zero-order valence-corrected chi connectivity index (χ0v) is 12.7. The van der Waals surface area contributed by atoms with Gasteiger partial charge in [0.2, 0.25) is 0 Å². The first-order valence-electron chi connectivity index (χ1n) is 5.41. The zero-order chi connectivity index (χ0) is 14.0. The molecule has 0 aliphatic carbocycles. The van der Waals surface area contributed by atoms with Crippen molar-refractivity contribution >= 4 is 38.9 Å². The highest BCUT2D eigenvalue weighted by atomic mass is 79.9. The van der Waals surface area contributed by atoms with E-state index >= 15 is 0 Å². The first kappa shape index (κ1) is 14.0. The number of benzene rings is 1. The molecule has 0 saturated heterocycles. The van der Waals surface area contributed by atoms with Crippen LogP contribution in [-0.2, 0) is 0 Å². The van der Waals surface area contributed by atoms with E-state index in [0.29, 0.717) is 20.8 Å². The van der Waals surface area contributed by atoms with Gasteiger partial charge in [0.25, 0.3) is 5.91 Å². The van der Waals surface area contributed by atoms with Crippen LogP contribution in [-0.4, -0.2) is 13.0 Å². The highest BCUT2D eigenvalue weighted by Gasteiger charge is 2.12. The van der Waals surface area contributed by atoms with Crippen LogP contribution in [0.1, 0.15) is 15.2 Å². The molecular weight excluding hydrogens is 333 g/mol. The molecular formula is C13H11BrFNO2S. The molecule has 0 fully saturated rings. The second kappa shape index (κ2) is 5.71. The maximum absolute atomic E-state index is 13.5. The van der Waals surface area contributed by atoms with E-state index in [1.807, 2.05) is 0 Å². The molecule has 0 aliphatic rings. The van der Waals surface area contributed by atoms with Crippen LogP contribution in [0.5, 0.6) is 5.75 Å². The second-order valence-electron chi connectivity index (χ2n) is 3.89. The van der Waals surface area contributed by atoms with Gasteiger partial charge in [0.15, 0.2) is 0 Å². The highest BCUT2D eigenvalue weighted by molar-refractivity contribution is 9.10. The molecule has 1 N–H and O–H groups in total. The summed E-state index contributed by atoms with van der Waals surface area (Å²) < 4.78 is 18.8. The number of aryl methyl sites for hydroxylation is 1. The van der Waals surface area contributed by atoms with E-state index < -0.39 is 5.82 Å². The van der Waals surface area contributed by atoms with Crippen LogP contribution in [0.4, 0.5) is 10.1 Å². The maximum atomic E-state index is 13.5. The van der Waals surface area contributed by atoms with Gasteiger partial charge in [0.05, 0.1) is 16.5 Å². The lowest BCUT2D eigenvalue weighted by molar-refractivity contribution is 0.103. The van der Waals surface area contributed by atoms with E-state index in [-0.39, 0.29) is 5.91 Å². The summed E-state index contributed by atoms with van der Waals surface area (Å²) in [5.74, 6) is -0.0587. The van der Waals surface area contributed by atoms with E-state index in [9.17, 15) is 9.18 Å². The summed E-state index contributed by atoms with van der Waals surface area (Å²) in [7, 11) is 1.54. The molecule has 0 atom stereocenters. The Morgan fingerprint density at radius 1 is 1.42 bits per heavy atom. The molecule has 1 heterocycles. The summed E-state index contributed by atoms with van der Waals surface area (Å²) in [4.78, 5) is 12.5. The third-order valence-corrected chi connectivity index (χ3v) is 4.07. The van der Waals surface area contributed by atoms with Gasteiger partial charge in [0.1, 0.15) is 11.6 Å². The number of hydrogen-bond donors (Lipinski definition) is 1. The Morgan fingerprint density at radius 2 is 2.16 bits per heavy atom. The van der Waals surface area contributed by atoms with Crippen molar-refractivity contribution in [2.45, 2.75) is 6.92 Å². The molecule has 2 aromatic rings. The number of rotatable bonds is 3. The molecule has 0 unspecified atom stereocenters. The predicted octanol–water partition coefficient (Wildman–Crippen LogP) is 4.22. The average molecular weight is 344 g/mol. The Bertz CT molecular complexity index is 627. The summed E-state index contributed by atoms with van der Waals surface area (Å²) in [6.45, 7) is 1.80. The first-order valence-corrected chi connectivity index (χ1v) is 7.08. The van der Waals surface area contributed by atoms with Crippen LogP contribution in [0.15, 0.2) is 28.1 Å². The van der Waals surface area contributed by atoms with Crippen molar-refractivity contribution in [3.05, 3.63) is 44.3 Å². The van der Waals surface area contributed by atoms with Crippen LogP contribution in [0.2, 0.25) is 0 Å². The fraction of sp³-hybridized carbons (Fsp3) is 0.154. The van der Waals surface area contributed by atoms with E-state index in [1.165, 1.54) is 24.5 Å². The molecule has 2 rings (SSSR count). The summed E-state index contributed by atoms with van der Waals surface area (Å²) >= 11 is 4.38. The Labute approximate surface area is 122 Å². The molecule has 1 amide bonds. The van der Waals surface area contributed by atoms with Crippen LogP contribution >= 0.6 is 27.3 Å². The molecule has 3 nitrogen and oxygen atoms in total. The Morgan fingerprint density at radius 3 is 2.79 bits per heavy atom. The number of carbonyl (C=O) groups is 1. The Balaban J connectivity index is 2.21. The third-order valence-electron chi connectivity index (χ3n) is 2.55. The van der Waals surface area contributed by atoms with Gasteiger partial charge in [0, 0.05) is 17.1 Å². The van der Waals surface area contributed by atoms with Crippen LogP contribution in [0, 0.1) is 12.7 Å². The smallest absolute Gasteiger partial charge is 0.265 e. The van der Waals surface area contributed by atoms with E-state index in [1.54, 1.807) is 24.4 Å². The molecule has 0 aliphatic heterocycles. The van der Waals surface area contributed by atoms with Crippen molar-refractivity contribution in [2.75, 3.05) is 12.4 Å². The first-order chi connectivity index (χ1) is 9.01. The summed E-state index contributed by atoms with van der Waals surface area (Å²) in [6.07, 6.45) is 0. The van der Waals surface area contributed by atoms with Crippen LogP contribution in [0.25, 0.3) is 0 Å². The number of ether oxygens (including phenoxy) is 1. The predicted molar refractivity (Wildman–Crippen MR) is 77.7 cm³/mol. The van der Waals surface area contributed by atoms with Crippen molar-refractivity contribution in [3.8, 4) is 5.75 Å². The van der Waals surface area contributed by atoms with Gasteiger partial charge in [-0.15, -0.1) is 11.3 Å². The van der Waals surface area contributed by atoms with Crippen LogP contribution in [0.3, 0.4) is 0 Å². The number of methoxy groups -OCH3 is 1. The van der Waals surface area contributed by atoms with Gasteiger partial charge < -0.3 is 10.1 Å². The Kier molecular flexibility index (Phi) is 4.21. The van der Waals surface area contributed by atoms with Crippen molar-refractivity contribution in [2.24, 2.45) is 0 Å². The number of hydrogen-bond acceptors (Lipinski definition) is 3. The van der Waals surface area contributed by atoms with Gasteiger partial charge in [-0.25, -0.2) is 4.39 Å². The van der Waals surface area contributed by atoms with Crippen LogP contribution < -0.4 is 10.1 Å². The molecule has 100 valence electrons. The fourth-order valence-corrected chi connectivity index (χ4v) is 2.72. The van der Waals surface area contributed by atoms with Gasteiger partial charge in [-0.2, -0.15) is 0 Å². The number of anilines is 1. The number of carbonyl (C=O) groups excluding carboxylic acids is 1. The minimum atomic E-state index is -0.412. The van der Waals surface area contributed by atoms with Gasteiger partial charge in [-0.05, 0) is 40.5 Å². The van der Waals surface area contributed by atoms with Gasteiger partial charge in [-0.3, -0.25) is 4.79 Å². The van der Waals surface area contributed by atoms with Gasteiger partial charge >= 0.3 is 0 Å². The number of thiophene rings is 1. The summed E-state index contributed by atoms with van der Waals surface area (Å²) in [6, 6.07) is 4.56. The lowest BCUT2D eigenvalue weighted by Gasteiger charge is -2.08. The highest BCUT2D eigenvalue weighted by Crippen LogP contribution is 2.26. The molecule has 0 saturated carbocycles. The van der Waals surface area contributed by atoms with E-state index in [4.69, 9.17) is 4.74 Å². The van der Waals surface area contributed by atoms with Crippen molar-refractivity contribution in [1.82, 2.24) is 0 Å². The molecule has 1 aromatic carbocycles. The average Bonchev–Trinajstić information content (AvgIpc) is 2.84. The number of nitrogens with one attached hydrogen (secondary N) is 1. The minimum absolute atomic E-state index is 0.280. The lowest BCUT2D eigenvalue weighted by atomic mass is 10.2. The molecule has 6 heteroatoms. The monoisotopic (exact) mass is 343 g/mol. The lowest BCUT2D eigenvalue weighted by Crippen LogP contribution is -2.11. The van der Waals surface area contributed by atoms with E-state index in [2.05, 4.69) is 21.2 Å². The van der Waals surface area contributed by atoms with E-state index in [0.717, 1.165) is 5.56 Å². The maximum Gasteiger partial charge on any atom is 0.265 e. The molecule has 0 spiro atoms. The van der Waals surface area contributed by atoms with Gasteiger partial charge in [-0.1, -0.05) is 0 Å². The molecule has 19 heavy (non-hydrogen) atoms. The van der Waals surface area contributed by atoms with Crippen molar-refractivity contribution in [1.29, 1.82) is 0 Å². The second-order valence-corrected chi connectivity index (χ2v) is 5.65. The largest absolute Gasteiger partial charge is 0.496 e. The minimum Gasteiger partial charge on any atom is -0.496 e.